The SMILES string of the molecule is NCc1nc(-c2cccc(N3CCC(=O)N3)c2)no1. The molecular weight excluding hydrogens is 246 g/mol. The van der Waals surface area contributed by atoms with Gasteiger partial charge in [0.05, 0.1) is 12.2 Å². The van der Waals surface area contributed by atoms with Crippen molar-refractivity contribution in [3.05, 3.63) is 30.2 Å². The number of hydrogen-bond donors (Lipinski definition) is 2. The molecule has 0 unspecified atom stereocenters. The number of nitrogens with one attached hydrogen (secondary N) is 1. The van der Waals surface area contributed by atoms with Crippen LogP contribution in [0, 0.1) is 0 Å². The Morgan fingerprint density at radius 1 is 1.47 bits per heavy atom. The highest BCUT2D eigenvalue weighted by atomic mass is 16.5. The van der Waals surface area contributed by atoms with Gasteiger partial charge in [0.15, 0.2) is 0 Å². The molecule has 2 heterocycles. The van der Waals surface area contributed by atoms with Crippen LogP contribution in [0.5, 0.6) is 0 Å². The van der Waals surface area contributed by atoms with E-state index in [9.17, 15) is 4.79 Å². The maximum atomic E-state index is 11.2. The molecule has 7 heteroatoms. The summed E-state index contributed by atoms with van der Waals surface area (Å²) in [5.41, 5.74) is 9.92. The molecule has 98 valence electrons. The predicted octanol–water partition coefficient (Wildman–Crippen LogP) is 0.437. The van der Waals surface area contributed by atoms with Crippen molar-refractivity contribution >= 4 is 11.6 Å². The molecule has 0 saturated carbocycles. The summed E-state index contributed by atoms with van der Waals surface area (Å²) in [6.45, 7) is 0.872. The van der Waals surface area contributed by atoms with Crippen molar-refractivity contribution < 1.29 is 9.32 Å². The van der Waals surface area contributed by atoms with E-state index in [-0.39, 0.29) is 12.5 Å². The van der Waals surface area contributed by atoms with E-state index in [1.807, 2.05) is 24.3 Å². The molecule has 0 atom stereocenters. The van der Waals surface area contributed by atoms with Crippen LogP contribution < -0.4 is 16.2 Å². The molecule has 0 radical (unpaired) electrons. The largest absolute Gasteiger partial charge is 0.338 e. The third-order valence-electron chi connectivity index (χ3n) is 2.88. The van der Waals surface area contributed by atoms with Crippen LogP contribution in [0.2, 0.25) is 0 Å². The monoisotopic (exact) mass is 259 g/mol. The number of nitrogens with zero attached hydrogens (tertiary/aromatic N) is 3. The molecule has 1 amide bonds. The van der Waals surface area contributed by atoms with E-state index in [1.54, 1.807) is 5.01 Å². The lowest BCUT2D eigenvalue weighted by molar-refractivity contribution is -0.119. The van der Waals surface area contributed by atoms with Gasteiger partial charge in [0.2, 0.25) is 17.6 Å². The van der Waals surface area contributed by atoms with Crippen LogP contribution in [0.4, 0.5) is 5.69 Å². The van der Waals surface area contributed by atoms with Gasteiger partial charge in [-0.1, -0.05) is 17.3 Å². The molecule has 1 aromatic carbocycles. The molecular formula is C12H13N5O2. The lowest BCUT2D eigenvalue weighted by Crippen LogP contribution is -2.32. The highest BCUT2D eigenvalue weighted by molar-refractivity contribution is 5.82. The molecule has 19 heavy (non-hydrogen) atoms. The maximum Gasteiger partial charge on any atom is 0.240 e. The number of hydrazine groups is 1. The fraction of sp³-hybridized carbons (Fsp3) is 0.250. The van der Waals surface area contributed by atoms with E-state index in [1.165, 1.54) is 0 Å². The third-order valence-corrected chi connectivity index (χ3v) is 2.88. The summed E-state index contributed by atoms with van der Waals surface area (Å²) >= 11 is 0. The summed E-state index contributed by atoms with van der Waals surface area (Å²) in [5, 5.41) is 5.67. The van der Waals surface area contributed by atoms with E-state index >= 15 is 0 Å². The van der Waals surface area contributed by atoms with E-state index in [4.69, 9.17) is 10.3 Å². The first kappa shape index (κ1) is 11.7. The van der Waals surface area contributed by atoms with Gasteiger partial charge in [0, 0.05) is 18.5 Å². The normalized spacial score (nSPS) is 14.8. The van der Waals surface area contributed by atoms with Crippen molar-refractivity contribution in [1.82, 2.24) is 15.6 Å². The molecule has 0 spiro atoms. The van der Waals surface area contributed by atoms with Crippen LogP contribution in [-0.2, 0) is 11.3 Å². The van der Waals surface area contributed by atoms with Crippen LogP contribution in [-0.4, -0.2) is 22.6 Å². The summed E-state index contributed by atoms with van der Waals surface area (Å²) in [7, 11) is 0. The number of nitrogens with two attached hydrogens (primary N) is 1. The molecule has 7 nitrogen and oxygen atoms in total. The molecule has 1 fully saturated rings. The van der Waals surface area contributed by atoms with Crippen LogP contribution in [0.1, 0.15) is 12.3 Å². The zero-order chi connectivity index (χ0) is 13.2. The zero-order valence-electron chi connectivity index (χ0n) is 10.2. The van der Waals surface area contributed by atoms with Gasteiger partial charge in [-0.3, -0.25) is 15.2 Å². The van der Waals surface area contributed by atoms with Gasteiger partial charge in [-0.2, -0.15) is 4.98 Å². The Morgan fingerprint density at radius 2 is 2.37 bits per heavy atom. The predicted molar refractivity (Wildman–Crippen MR) is 67.7 cm³/mol. The number of hydrogen-bond acceptors (Lipinski definition) is 6. The summed E-state index contributed by atoms with van der Waals surface area (Å²) in [5.74, 6) is 0.915. The van der Waals surface area contributed by atoms with E-state index in [2.05, 4.69) is 15.6 Å². The summed E-state index contributed by atoms with van der Waals surface area (Å²) in [4.78, 5) is 15.4. The van der Waals surface area contributed by atoms with E-state index in [0.717, 1.165) is 11.3 Å². The Morgan fingerprint density at radius 3 is 3.05 bits per heavy atom. The smallest absolute Gasteiger partial charge is 0.240 e. The van der Waals surface area contributed by atoms with Gasteiger partial charge in [-0.05, 0) is 12.1 Å². The molecule has 0 aliphatic carbocycles. The van der Waals surface area contributed by atoms with Gasteiger partial charge < -0.3 is 10.3 Å². The number of carbonyl (C=O) groups excluding carboxylic acids is 1. The van der Waals surface area contributed by atoms with Crippen LogP contribution >= 0.6 is 0 Å². The number of carbonyl (C=O) groups is 1. The number of aromatic nitrogens is 2. The number of amides is 1. The standard InChI is InChI=1S/C12H13N5O2/c13-7-11-14-12(16-19-11)8-2-1-3-9(6-8)17-5-4-10(18)15-17/h1-3,6H,4-5,7,13H2,(H,15,18). The molecule has 3 rings (SSSR count). The average Bonchev–Trinajstić information content (AvgIpc) is 3.07. The number of rotatable bonds is 3. The van der Waals surface area contributed by atoms with Gasteiger partial charge >= 0.3 is 0 Å². The minimum Gasteiger partial charge on any atom is -0.338 e. The van der Waals surface area contributed by atoms with Crippen LogP contribution in [0.15, 0.2) is 28.8 Å². The number of anilines is 1. The highest BCUT2D eigenvalue weighted by Gasteiger charge is 2.19. The molecule has 1 saturated heterocycles. The lowest BCUT2D eigenvalue weighted by Gasteiger charge is -2.17. The average molecular weight is 259 g/mol. The second-order valence-electron chi connectivity index (χ2n) is 4.20. The van der Waals surface area contributed by atoms with Crippen molar-refractivity contribution in [2.75, 3.05) is 11.6 Å². The second kappa shape index (κ2) is 4.69. The van der Waals surface area contributed by atoms with Gasteiger partial charge in [0.1, 0.15) is 0 Å². The minimum atomic E-state index is 0.0235. The summed E-state index contributed by atoms with van der Waals surface area (Å²) in [6.07, 6.45) is 0.504. The van der Waals surface area contributed by atoms with Gasteiger partial charge in [-0.15, -0.1) is 0 Å². The first-order valence-corrected chi connectivity index (χ1v) is 5.96. The van der Waals surface area contributed by atoms with Crippen LogP contribution in [0.25, 0.3) is 11.4 Å². The molecule has 1 aliphatic heterocycles. The molecule has 0 bridgehead atoms. The van der Waals surface area contributed by atoms with Crippen molar-refractivity contribution in [2.24, 2.45) is 5.73 Å². The first-order valence-electron chi connectivity index (χ1n) is 5.96. The zero-order valence-corrected chi connectivity index (χ0v) is 10.2. The van der Waals surface area contributed by atoms with E-state index < -0.39 is 0 Å². The van der Waals surface area contributed by atoms with Crippen molar-refractivity contribution in [2.45, 2.75) is 13.0 Å². The maximum absolute atomic E-state index is 11.2. The van der Waals surface area contributed by atoms with Crippen LogP contribution in [0.3, 0.4) is 0 Å². The van der Waals surface area contributed by atoms with E-state index in [0.29, 0.717) is 24.7 Å². The van der Waals surface area contributed by atoms with Crippen molar-refractivity contribution in [3.63, 3.8) is 0 Å². The Balaban J connectivity index is 1.89. The first-order chi connectivity index (χ1) is 9.26. The summed E-state index contributed by atoms with van der Waals surface area (Å²) < 4.78 is 4.98. The second-order valence-corrected chi connectivity index (χ2v) is 4.20. The Bertz CT molecular complexity index is 610. The third kappa shape index (κ3) is 2.27. The summed E-state index contributed by atoms with van der Waals surface area (Å²) in [6, 6.07) is 7.58. The van der Waals surface area contributed by atoms with Gasteiger partial charge in [0.25, 0.3) is 0 Å². The quantitative estimate of drug-likeness (QED) is 0.830. The fourth-order valence-electron chi connectivity index (χ4n) is 1.94. The van der Waals surface area contributed by atoms with Crippen molar-refractivity contribution in [3.8, 4) is 11.4 Å². The molecule has 3 N–H and O–H groups in total. The minimum absolute atomic E-state index is 0.0235. The van der Waals surface area contributed by atoms with Crippen molar-refractivity contribution in [1.29, 1.82) is 0 Å². The fourth-order valence-corrected chi connectivity index (χ4v) is 1.94. The molecule has 2 aromatic rings. The lowest BCUT2D eigenvalue weighted by atomic mass is 10.2. The molecule has 1 aromatic heterocycles. The topological polar surface area (TPSA) is 97.3 Å². The Hall–Kier alpha value is -2.41. The Labute approximate surface area is 109 Å². The highest BCUT2D eigenvalue weighted by Crippen LogP contribution is 2.23. The number of benzene rings is 1. The van der Waals surface area contributed by atoms with Gasteiger partial charge in [-0.25, -0.2) is 0 Å². The Kier molecular flexibility index (Phi) is 2.88. The molecule has 1 aliphatic rings.